The molecule has 0 spiro atoms. The lowest BCUT2D eigenvalue weighted by molar-refractivity contribution is -0.133. The number of aromatic amines is 1. The minimum Gasteiger partial charge on any atom is -0.332 e. The zero-order chi connectivity index (χ0) is 14.4. The Morgan fingerprint density at radius 3 is 3.05 bits per heavy atom. The summed E-state index contributed by atoms with van der Waals surface area (Å²) in [5.41, 5.74) is 5.01. The molecule has 1 aromatic carbocycles. The van der Waals surface area contributed by atoms with Crippen LogP contribution >= 0.6 is 0 Å². The Morgan fingerprint density at radius 2 is 2.24 bits per heavy atom. The van der Waals surface area contributed by atoms with Crippen LogP contribution in [0.5, 0.6) is 0 Å². The average Bonchev–Trinajstić information content (AvgIpc) is 3.01. The quantitative estimate of drug-likeness (QED) is 0.940. The molecule has 1 saturated carbocycles. The third-order valence-electron chi connectivity index (χ3n) is 4.77. The molecular formula is C17H19N3O. The van der Waals surface area contributed by atoms with Gasteiger partial charge < -0.3 is 4.90 Å². The second-order valence-electron chi connectivity index (χ2n) is 6.07. The molecule has 4 nitrogen and oxygen atoms in total. The molecule has 2 aliphatic rings. The van der Waals surface area contributed by atoms with Crippen molar-refractivity contribution in [2.75, 3.05) is 0 Å². The van der Waals surface area contributed by atoms with Gasteiger partial charge in [-0.25, -0.2) is 0 Å². The number of H-pyrrole nitrogens is 1. The Hall–Kier alpha value is -2.10. The van der Waals surface area contributed by atoms with Crippen molar-refractivity contribution in [2.24, 2.45) is 5.92 Å². The van der Waals surface area contributed by atoms with Crippen LogP contribution in [0.2, 0.25) is 0 Å². The first-order valence-electron chi connectivity index (χ1n) is 7.65. The predicted octanol–water partition coefficient (Wildman–Crippen LogP) is 2.62. The molecule has 0 bridgehead atoms. The van der Waals surface area contributed by atoms with Crippen LogP contribution in [0.1, 0.15) is 41.6 Å². The van der Waals surface area contributed by atoms with Gasteiger partial charge in [0.2, 0.25) is 5.91 Å². The van der Waals surface area contributed by atoms with Crippen molar-refractivity contribution in [3.8, 4) is 0 Å². The molecule has 21 heavy (non-hydrogen) atoms. The molecule has 1 N–H and O–H groups in total. The number of rotatable bonds is 3. The summed E-state index contributed by atoms with van der Waals surface area (Å²) in [5, 5.41) is 7.00. The molecule has 2 atom stereocenters. The number of amides is 1. The van der Waals surface area contributed by atoms with E-state index in [0.717, 1.165) is 24.1 Å². The molecule has 2 heterocycles. The minimum absolute atomic E-state index is 0.176. The highest BCUT2D eigenvalue weighted by Crippen LogP contribution is 2.50. The molecule has 1 aromatic heterocycles. The van der Waals surface area contributed by atoms with Gasteiger partial charge in [-0.2, -0.15) is 5.10 Å². The number of fused-ring (bicyclic) bond motifs is 1. The molecule has 1 fully saturated rings. The van der Waals surface area contributed by atoms with Crippen molar-refractivity contribution in [3.05, 3.63) is 52.8 Å². The molecule has 2 aromatic rings. The van der Waals surface area contributed by atoms with E-state index in [1.165, 1.54) is 11.1 Å². The largest absolute Gasteiger partial charge is 0.332 e. The van der Waals surface area contributed by atoms with Crippen LogP contribution in [0.4, 0.5) is 0 Å². The number of aryl methyl sites for hydroxylation is 1. The summed E-state index contributed by atoms with van der Waals surface area (Å²) in [5.74, 6) is 0.899. The summed E-state index contributed by atoms with van der Waals surface area (Å²) in [6.07, 6.45) is 3.87. The maximum absolute atomic E-state index is 12.6. The number of hydrogen-bond donors (Lipinski definition) is 1. The van der Waals surface area contributed by atoms with E-state index in [1.807, 2.05) is 11.1 Å². The van der Waals surface area contributed by atoms with Crippen LogP contribution in [0, 0.1) is 5.92 Å². The zero-order valence-electron chi connectivity index (χ0n) is 12.2. The van der Waals surface area contributed by atoms with Crippen LogP contribution in [0.25, 0.3) is 0 Å². The van der Waals surface area contributed by atoms with Crippen molar-refractivity contribution < 1.29 is 4.79 Å². The monoisotopic (exact) mass is 281 g/mol. The molecule has 0 saturated heterocycles. The molecule has 0 unspecified atom stereocenters. The fourth-order valence-corrected chi connectivity index (χ4v) is 3.48. The van der Waals surface area contributed by atoms with Crippen molar-refractivity contribution in [1.29, 1.82) is 0 Å². The number of carbonyl (C=O) groups is 1. The Balaban J connectivity index is 1.47. The van der Waals surface area contributed by atoms with Gasteiger partial charge in [0.25, 0.3) is 0 Å². The lowest BCUT2D eigenvalue weighted by Gasteiger charge is -2.16. The molecule has 1 aliphatic carbocycles. The summed E-state index contributed by atoms with van der Waals surface area (Å²) in [6.45, 7) is 3.58. The van der Waals surface area contributed by atoms with Gasteiger partial charge in [0.15, 0.2) is 0 Å². The van der Waals surface area contributed by atoms with E-state index in [4.69, 9.17) is 0 Å². The molecule has 1 amide bonds. The van der Waals surface area contributed by atoms with Gasteiger partial charge in [-0.3, -0.25) is 9.89 Å². The summed E-state index contributed by atoms with van der Waals surface area (Å²) in [7, 11) is 0. The van der Waals surface area contributed by atoms with Crippen molar-refractivity contribution >= 4 is 5.91 Å². The van der Waals surface area contributed by atoms with E-state index in [9.17, 15) is 4.79 Å². The van der Waals surface area contributed by atoms with Gasteiger partial charge in [-0.05, 0) is 29.9 Å². The first-order chi connectivity index (χ1) is 10.3. The van der Waals surface area contributed by atoms with E-state index < -0.39 is 0 Å². The van der Waals surface area contributed by atoms with Gasteiger partial charge >= 0.3 is 0 Å². The highest BCUT2D eigenvalue weighted by Gasteiger charge is 2.47. The maximum atomic E-state index is 12.6. The van der Waals surface area contributed by atoms with Crippen LogP contribution in [-0.2, 0) is 24.3 Å². The van der Waals surface area contributed by atoms with Crippen molar-refractivity contribution in [1.82, 2.24) is 15.1 Å². The zero-order valence-corrected chi connectivity index (χ0v) is 12.2. The first-order valence-corrected chi connectivity index (χ1v) is 7.65. The Bertz CT molecular complexity index is 670. The highest BCUT2D eigenvalue weighted by molar-refractivity contribution is 5.83. The topological polar surface area (TPSA) is 49.0 Å². The van der Waals surface area contributed by atoms with E-state index in [2.05, 4.69) is 41.4 Å². The van der Waals surface area contributed by atoms with Crippen molar-refractivity contribution in [2.45, 2.75) is 38.8 Å². The van der Waals surface area contributed by atoms with Gasteiger partial charge in [-0.1, -0.05) is 31.2 Å². The molecular weight excluding hydrogens is 262 g/mol. The van der Waals surface area contributed by atoms with Crippen LogP contribution in [-0.4, -0.2) is 21.0 Å². The van der Waals surface area contributed by atoms with Crippen molar-refractivity contribution in [3.63, 3.8) is 0 Å². The third kappa shape index (κ3) is 2.06. The Labute approximate surface area is 124 Å². The number of nitrogens with zero attached hydrogens (tertiary/aromatic N) is 2. The molecule has 4 rings (SSSR count). The highest BCUT2D eigenvalue weighted by atomic mass is 16.2. The Morgan fingerprint density at radius 1 is 1.38 bits per heavy atom. The number of benzene rings is 1. The van der Waals surface area contributed by atoms with Crippen LogP contribution < -0.4 is 0 Å². The molecule has 4 heteroatoms. The summed E-state index contributed by atoms with van der Waals surface area (Å²) in [6, 6.07) is 8.54. The van der Waals surface area contributed by atoms with E-state index in [1.54, 1.807) is 0 Å². The molecule has 1 aliphatic heterocycles. The third-order valence-corrected chi connectivity index (χ3v) is 4.77. The van der Waals surface area contributed by atoms with E-state index in [-0.39, 0.29) is 5.92 Å². The summed E-state index contributed by atoms with van der Waals surface area (Å²) < 4.78 is 0. The fraction of sp³-hybridized carbons (Fsp3) is 0.412. The molecule has 0 radical (unpaired) electrons. The Kier molecular flexibility index (Phi) is 2.84. The number of hydrogen-bond acceptors (Lipinski definition) is 2. The predicted molar refractivity (Wildman–Crippen MR) is 79.5 cm³/mol. The van der Waals surface area contributed by atoms with Gasteiger partial charge in [0.1, 0.15) is 0 Å². The van der Waals surface area contributed by atoms with Crippen LogP contribution in [0.3, 0.4) is 0 Å². The number of nitrogens with one attached hydrogen (secondary N) is 1. The number of carbonyl (C=O) groups excluding carboxylic acids is 1. The SMILES string of the molecule is CCc1ccccc1[C@@H]1C[C@H]1C(=O)N1Cc2cn[nH]c2C1. The minimum atomic E-state index is 0.176. The first kappa shape index (κ1) is 12.6. The lowest BCUT2D eigenvalue weighted by atomic mass is 10.00. The van der Waals surface area contributed by atoms with E-state index >= 15 is 0 Å². The van der Waals surface area contributed by atoms with Gasteiger partial charge in [0.05, 0.1) is 18.4 Å². The fourth-order valence-electron chi connectivity index (χ4n) is 3.48. The van der Waals surface area contributed by atoms with Gasteiger partial charge in [-0.15, -0.1) is 0 Å². The molecule has 108 valence electrons. The van der Waals surface area contributed by atoms with Gasteiger partial charge in [0, 0.05) is 18.0 Å². The smallest absolute Gasteiger partial charge is 0.226 e. The second-order valence-corrected chi connectivity index (χ2v) is 6.07. The number of aromatic nitrogens is 2. The summed E-state index contributed by atoms with van der Waals surface area (Å²) >= 11 is 0. The normalized spacial score (nSPS) is 23.2. The van der Waals surface area contributed by atoms with E-state index in [0.29, 0.717) is 24.9 Å². The average molecular weight is 281 g/mol. The summed E-state index contributed by atoms with van der Waals surface area (Å²) in [4.78, 5) is 14.6. The van der Waals surface area contributed by atoms with Crippen LogP contribution in [0.15, 0.2) is 30.5 Å². The maximum Gasteiger partial charge on any atom is 0.226 e. The standard InChI is InChI=1S/C17H19N3O/c1-2-11-5-3-4-6-13(11)14-7-15(14)17(21)20-9-12-8-18-19-16(12)10-20/h3-6,8,14-15H,2,7,9-10H2,1H3,(H,18,19)/t14-,15+/m0/s1. The lowest BCUT2D eigenvalue weighted by Crippen LogP contribution is -2.27. The second kappa shape index (κ2) is 4.72.